The molecule has 154 valence electrons. The number of aryl methyl sites for hydroxylation is 1. The molecule has 5 aromatic rings. The number of nitrogens with zero attached hydrogens (tertiary/aromatic N) is 4. The molecule has 31 heavy (non-hydrogen) atoms. The topological polar surface area (TPSA) is 68.2 Å². The van der Waals surface area contributed by atoms with Crippen molar-refractivity contribution in [1.82, 2.24) is 15.0 Å². The maximum absolute atomic E-state index is 13.6. The number of methoxy groups -OCH3 is 1. The van der Waals surface area contributed by atoms with E-state index < -0.39 is 0 Å². The van der Waals surface area contributed by atoms with Crippen LogP contribution in [-0.4, -0.2) is 28.0 Å². The van der Waals surface area contributed by atoms with Crippen molar-refractivity contribution < 1.29 is 9.53 Å². The molecule has 0 unspecified atom stereocenters. The lowest BCUT2D eigenvalue weighted by atomic mass is 10.2. The van der Waals surface area contributed by atoms with Gasteiger partial charge in [0, 0.05) is 11.8 Å². The lowest BCUT2D eigenvalue weighted by Crippen LogP contribution is -2.30. The van der Waals surface area contributed by atoms with Gasteiger partial charge in [-0.2, -0.15) is 0 Å². The normalized spacial score (nSPS) is 11.2. The third kappa shape index (κ3) is 3.64. The fraction of sp³-hybridized carbons (Fsp3) is 0.130. The first-order chi connectivity index (χ1) is 15.1. The molecule has 0 saturated carbocycles. The number of carbonyl (C=O) groups excluding carboxylic acids is 1. The lowest BCUT2D eigenvalue weighted by Gasteiger charge is -2.19. The molecule has 6 nitrogen and oxygen atoms in total. The fourth-order valence-corrected chi connectivity index (χ4v) is 5.17. The maximum atomic E-state index is 13.6. The maximum Gasteiger partial charge on any atom is 0.260 e. The summed E-state index contributed by atoms with van der Waals surface area (Å²) >= 11 is 3.00. The summed E-state index contributed by atoms with van der Waals surface area (Å²) in [6.07, 6.45) is 1.73. The van der Waals surface area contributed by atoms with Gasteiger partial charge in [-0.25, -0.2) is 9.97 Å². The Morgan fingerprint density at radius 2 is 2.03 bits per heavy atom. The molecular weight excluding hydrogens is 428 g/mol. The molecule has 0 radical (unpaired) electrons. The first kappa shape index (κ1) is 19.6. The SMILES string of the molecule is COc1ccc(C)c2sc(N(Cc3ccccn3)C(=O)c3ccc4ncsc4c3)nc12. The second kappa shape index (κ2) is 8.05. The Morgan fingerprint density at radius 1 is 1.13 bits per heavy atom. The van der Waals surface area contributed by atoms with E-state index in [1.54, 1.807) is 23.7 Å². The molecule has 0 spiro atoms. The Bertz CT molecular complexity index is 1400. The van der Waals surface area contributed by atoms with Crippen LogP contribution >= 0.6 is 22.7 Å². The zero-order valence-corrected chi connectivity index (χ0v) is 18.5. The van der Waals surface area contributed by atoms with Gasteiger partial charge in [0.2, 0.25) is 0 Å². The van der Waals surface area contributed by atoms with Gasteiger partial charge < -0.3 is 4.74 Å². The van der Waals surface area contributed by atoms with E-state index in [1.165, 1.54) is 22.7 Å². The number of aromatic nitrogens is 3. The average Bonchev–Trinajstić information content (AvgIpc) is 3.45. The molecule has 0 bridgehead atoms. The minimum Gasteiger partial charge on any atom is -0.494 e. The summed E-state index contributed by atoms with van der Waals surface area (Å²) in [5, 5.41) is 0.614. The number of hydrogen-bond donors (Lipinski definition) is 0. The van der Waals surface area contributed by atoms with Crippen molar-refractivity contribution in [3.05, 3.63) is 77.1 Å². The van der Waals surface area contributed by atoms with Crippen LogP contribution in [0.15, 0.2) is 60.2 Å². The van der Waals surface area contributed by atoms with Crippen LogP contribution < -0.4 is 9.64 Å². The monoisotopic (exact) mass is 446 g/mol. The molecule has 0 fully saturated rings. The van der Waals surface area contributed by atoms with Crippen LogP contribution in [0.25, 0.3) is 20.4 Å². The second-order valence-corrected chi connectivity index (χ2v) is 8.87. The molecule has 0 saturated heterocycles. The highest BCUT2D eigenvalue weighted by Crippen LogP contribution is 2.37. The van der Waals surface area contributed by atoms with E-state index in [9.17, 15) is 4.79 Å². The number of pyridine rings is 1. The third-order valence-electron chi connectivity index (χ3n) is 5.01. The summed E-state index contributed by atoms with van der Waals surface area (Å²) in [7, 11) is 1.63. The molecule has 0 aliphatic heterocycles. The summed E-state index contributed by atoms with van der Waals surface area (Å²) in [4.78, 5) is 28.9. The molecule has 0 atom stereocenters. The molecule has 0 N–H and O–H groups in total. The highest BCUT2D eigenvalue weighted by atomic mass is 32.1. The van der Waals surface area contributed by atoms with Gasteiger partial charge in [-0.3, -0.25) is 14.7 Å². The van der Waals surface area contributed by atoms with Crippen molar-refractivity contribution in [1.29, 1.82) is 0 Å². The summed E-state index contributed by atoms with van der Waals surface area (Å²) in [6.45, 7) is 2.36. The molecule has 2 aromatic carbocycles. The van der Waals surface area contributed by atoms with E-state index in [-0.39, 0.29) is 5.91 Å². The number of rotatable bonds is 5. The van der Waals surface area contributed by atoms with Gasteiger partial charge in [-0.1, -0.05) is 23.5 Å². The van der Waals surface area contributed by atoms with Crippen LogP contribution in [0.3, 0.4) is 0 Å². The predicted octanol–water partition coefficient (Wildman–Crippen LogP) is 5.47. The molecule has 0 aliphatic carbocycles. The van der Waals surface area contributed by atoms with E-state index in [0.29, 0.717) is 23.0 Å². The van der Waals surface area contributed by atoms with E-state index >= 15 is 0 Å². The molecule has 5 rings (SSSR count). The molecule has 3 aromatic heterocycles. The average molecular weight is 447 g/mol. The van der Waals surface area contributed by atoms with Gasteiger partial charge in [-0.15, -0.1) is 11.3 Å². The van der Waals surface area contributed by atoms with Crippen molar-refractivity contribution >= 4 is 54.1 Å². The van der Waals surface area contributed by atoms with E-state index in [1.807, 2.05) is 55.5 Å². The number of anilines is 1. The minimum absolute atomic E-state index is 0.128. The van der Waals surface area contributed by atoms with Gasteiger partial charge in [0.05, 0.1) is 39.8 Å². The van der Waals surface area contributed by atoms with Crippen LogP contribution in [0.1, 0.15) is 21.6 Å². The first-order valence-electron chi connectivity index (χ1n) is 9.63. The zero-order valence-electron chi connectivity index (χ0n) is 16.9. The molecular formula is C23H18N4O2S2. The fourth-order valence-electron chi connectivity index (χ4n) is 3.40. The van der Waals surface area contributed by atoms with E-state index in [4.69, 9.17) is 9.72 Å². The molecule has 1 amide bonds. The third-order valence-corrected chi connectivity index (χ3v) is 7.02. The standard InChI is InChI=1S/C23H18N4O2S2/c1-14-6-9-18(29-2)20-21(14)31-23(26-20)27(12-16-5-3-4-10-24-16)22(28)15-7-8-17-19(11-15)30-13-25-17/h3-11,13H,12H2,1-2H3. The summed E-state index contributed by atoms with van der Waals surface area (Å²) in [6, 6.07) is 15.2. The number of amides is 1. The van der Waals surface area contributed by atoms with E-state index in [0.717, 1.165) is 31.7 Å². The highest BCUT2D eigenvalue weighted by Gasteiger charge is 2.24. The summed E-state index contributed by atoms with van der Waals surface area (Å²) < 4.78 is 7.48. The molecule has 0 aliphatic rings. The van der Waals surface area contributed by atoms with Gasteiger partial charge in [0.15, 0.2) is 5.13 Å². The van der Waals surface area contributed by atoms with Gasteiger partial charge in [0.1, 0.15) is 11.3 Å². The van der Waals surface area contributed by atoms with Gasteiger partial charge >= 0.3 is 0 Å². The van der Waals surface area contributed by atoms with Crippen molar-refractivity contribution in [2.24, 2.45) is 0 Å². The number of thiazole rings is 2. The zero-order chi connectivity index (χ0) is 21.4. The lowest BCUT2D eigenvalue weighted by molar-refractivity contribution is 0.0985. The number of ether oxygens (including phenoxy) is 1. The van der Waals surface area contributed by atoms with Crippen molar-refractivity contribution in [3.8, 4) is 5.75 Å². The summed E-state index contributed by atoms with van der Waals surface area (Å²) in [5.41, 5.74) is 5.91. The molecule has 8 heteroatoms. The number of hydrogen-bond acceptors (Lipinski definition) is 7. The van der Waals surface area contributed by atoms with Crippen molar-refractivity contribution in [3.63, 3.8) is 0 Å². The first-order valence-corrected chi connectivity index (χ1v) is 11.3. The van der Waals surface area contributed by atoms with Gasteiger partial charge in [0.25, 0.3) is 5.91 Å². The Kier molecular flexibility index (Phi) is 5.09. The van der Waals surface area contributed by atoms with Crippen LogP contribution in [0.5, 0.6) is 5.75 Å². The number of benzene rings is 2. The number of fused-ring (bicyclic) bond motifs is 2. The quantitative estimate of drug-likeness (QED) is 0.358. The highest BCUT2D eigenvalue weighted by molar-refractivity contribution is 7.22. The second-order valence-electron chi connectivity index (χ2n) is 7.01. The Labute approximate surface area is 186 Å². The largest absolute Gasteiger partial charge is 0.494 e. The summed E-state index contributed by atoms with van der Waals surface area (Å²) in [5.74, 6) is 0.566. The van der Waals surface area contributed by atoms with Crippen LogP contribution in [0.2, 0.25) is 0 Å². The van der Waals surface area contributed by atoms with Crippen molar-refractivity contribution in [2.45, 2.75) is 13.5 Å². The van der Waals surface area contributed by atoms with Crippen molar-refractivity contribution in [2.75, 3.05) is 12.0 Å². The smallest absolute Gasteiger partial charge is 0.260 e. The molecule has 3 heterocycles. The van der Waals surface area contributed by atoms with Gasteiger partial charge in [-0.05, 0) is 48.9 Å². The van der Waals surface area contributed by atoms with E-state index in [2.05, 4.69) is 9.97 Å². The van der Waals surface area contributed by atoms with Crippen LogP contribution in [0, 0.1) is 6.92 Å². The Morgan fingerprint density at radius 3 is 2.84 bits per heavy atom. The van der Waals surface area contributed by atoms with Crippen LogP contribution in [-0.2, 0) is 6.54 Å². The Hall–Kier alpha value is -3.36. The minimum atomic E-state index is -0.128. The number of carbonyl (C=O) groups is 1. The predicted molar refractivity (Wildman–Crippen MR) is 125 cm³/mol. The van der Waals surface area contributed by atoms with Crippen LogP contribution in [0.4, 0.5) is 5.13 Å². The Balaban J connectivity index is 1.62.